The van der Waals surface area contributed by atoms with Gasteiger partial charge >= 0.3 is 0 Å². The zero-order valence-corrected chi connectivity index (χ0v) is 10.5. The summed E-state index contributed by atoms with van der Waals surface area (Å²) < 4.78 is 0.795. The molecular formula is C11H17ClOS. The van der Waals surface area contributed by atoms with E-state index in [1.54, 1.807) is 0 Å². The molecule has 1 rings (SSSR count). The second-order valence-corrected chi connectivity index (χ2v) is 5.78. The third-order valence-corrected chi connectivity index (χ3v) is 3.88. The predicted octanol–water partition coefficient (Wildman–Crippen LogP) is 4.18. The lowest BCUT2D eigenvalue weighted by Crippen LogP contribution is -1.97. The zero-order chi connectivity index (χ0) is 10.7. The molecule has 0 amide bonds. The van der Waals surface area contributed by atoms with E-state index in [-0.39, 0.29) is 6.10 Å². The van der Waals surface area contributed by atoms with Gasteiger partial charge in [-0.25, -0.2) is 0 Å². The highest BCUT2D eigenvalue weighted by molar-refractivity contribution is 7.16. The molecule has 1 heterocycles. The molecule has 3 heteroatoms. The van der Waals surface area contributed by atoms with E-state index in [2.05, 4.69) is 13.8 Å². The van der Waals surface area contributed by atoms with Crippen LogP contribution in [-0.2, 0) is 0 Å². The lowest BCUT2D eigenvalue weighted by molar-refractivity contribution is 0.163. The summed E-state index contributed by atoms with van der Waals surface area (Å²) in [4.78, 5) is 0.994. The van der Waals surface area contributed by atoms with Crippen molar-refractivity contribution < 1.29 is 5.11 Å². The Balaban J connectivity index is 2.56. The average Bonchev–Trinajstić information content (AvgIpc) is 2.43. The molecule has 0 saturated carbocycles. The predicted molar refractivity (Wildman–Crippen MR) is 63.1 cm³/mol. The Hall–Kier alpha value is -0.0500. The first-order valence-electron chi connectivity index (χ1n) is 4.94. The number of thiophene rings is 1. The first-order valence-corrected chi connectivity index (χ1v) is 6.14. The summed E-state index contributed by atoms with van der Waals surface area (Å²) in [5.74, 6) is 0.640. The average molecular weight is 233 g/mol. The van der Waals surface area contributed by atoms with Gasteiger partial charge in [-0.2, -0.15) is 0 Å². The molecule has 80 valence electrons. The van der Waals surface area contributed by atoms with Crippen LogP contribution in [0.2, 0.25) is 4.34 Å². The fourth-order valence-electron chi connectivity index (χ4n) is 1.28. The van der Waals surface area contributed by atoms with Crippen LogP contribution in [0.15, 0.2) is 6.07 Å². The summed E-state index contributed by atoms with van der Waals surface area (Å²) in [5.41, 5.74) is 1.07. The summed E-state index contributed by atoms with van der Waals surface area (Å²) in [7, 11) is 0. The van der Waals surface area contributed by atoms with Gasteiger partial charge in [0.2, 0.25) is 0 Å². The van der Waals surface area contributed by atoms with Gasteiger partial charge in [-0.3, -0.25) is 0 Å². The maximum absolute atomic E-state index is 9.86. The van der Waals surface area contributed by atoms with E-state index in [1.807, 2.05) is 13.0 Å². The van der Waals surface area contributed by atoms with E-state index in [1.165, 1.54) is 11.3 Å². The van der Waals surface area contributed by atoms with Gasteiger partial charge in [0, 0.05) is 4.88 Å². The molecule has 0 radical (unpaired) electrons. The van der Waals surface area contributed by atoms with E-state index in [9.17, 15) is 5.11 Å². The first-order chi connectivity index (χ1) is 6.50. The summed E-state index contributed by atoms with van der Waals surface area (Å²) in [6.45, 7) is 6.30. The van der Waals surface area contributed by atoms with Gasteiger partial charge in [0.1, 0.15) is 0 Å². The monoisotopic (exact) mass is 232 g/mol. The number of aliphatic hydroxyl groups excluding tert-OH is 1. The highest BCUT2D eigenvalue weighted by Crippen LogP contribution is 2.33. The van der Waals surface area contributed by atoms with Crippen LogP contribution in [0.5, 0.6) is 0 Å². The smallest absolute Gasteiger partial charge is 0.0961 e. The largest absolute Gasteiger partial charge is 0.388 e. The quantitative estimate of drug-likeness (QED) is 0.826. The number of hydrogen-bond acceptors (Lipinski definition) is 2. The molecule has 1 N–H and O–H groups in total. The minimum atomic E-state index is -0.339. The highest BCUT2D eigenvalue weighted by atomic mass is 35.5. The second-order valence-electron chi connectivity index (χ2n) is 4.09. The normalized spacial score (nSPS) is 13.6. The minimum absolute atomic E-state index is 0.339. The summed E-state index contributed by atoms with van der Waals surface area (Å²) in [5, 5.41) is 9.86. The van der Waals surface area contributed by atoms with Crippen molar-refractivity contribution in [3.05, 3.63) is 20.8 Å². The number of aliphatic hydroxyl groups is 1. The molecule has 1 aromatic rings. The van der Waals surface area contributed by atoms with Crippen molar-refractivity contribution in [3.63, 3.8) is 0 Å². The number of halogens is 1. The number of aryl methyl sites for hydroxylation is 1. The standard InChI is InChI=1S/C11H17ClOS/c1-7(2)4-5-9(13)10-6-8(3)11(12)14-10/h6-7,9,13H,4-5H2,1-3H3. The van der Waals surface area contributed by atoms with Crippen LogP contribution >= 0.6 is 22.9 Å². The molecule has 0 aliphatic heterocycles. The van der Waals surface area contributed by atoms with Gasteiger partial charge in [0.25, 0.3) is 0 Å². The van der Waals surface area contributed by atoms with Gasteiger partial charge in [-0.15, -0.1) is 11.3 Å². The van der Waals surface area contributed by atoms with E-state index in [0.29, 0.717) is 5.92 Å². The van der Waals surface area contributed by atoms with Crippen molar-refractivity contribution in [2.24, 2.45) is 5.92 Å². The van der Waals surface area contributed by atoms with Crippen molar-refractivity contribution >= 4 is 22.9 Å². The first kappa shape index (κ1) is 12.0. The number of rotatable bonds is 4. The molecule has 1 nitrogen and oxygen atoms in total. The van der Waals surface area contributed by atoms with Crippen molar-refractivity contribution in [1.29, 1.82) is 0 Å². The molecular weight excluding hydrogens is 216 g/mol. The Labute approximate surface area is 94.7 Å². The van der Waals surface area contributed by atoms with Crippen LogP contribution in [0.4, 0.5) is 0 Å². The Kier molecular flexibility index (Phi) is 4.42. The van der Waals surface area contributed by atoms with Crippen LogP contribution in [0.1, 0.15) is 43.2 Å². The third-order valence-electron chi connectivity index (χ3n) is 2.22. The van der Waals surface area contributed by atoms with E-state index >= 15 is 0 Å². The van der Waals surface area contributed by atoms with Gasteiger partial charge < -0.3 is 5.11 Å². The maximum atomic E-state index is 9.86. The third kappa shape index (κ3) is 3.26. The van der Waals surface area contributed by atoms with Crippen molar-refractivity contribution in [1.82, 2.24) is 0 Å². The molecule has 14 heavy (non-hydrogen) atoms. The van der Waals surface area contributed by atoms with Gasteiger partial charge in [0.05, 0.1) is 10.4 Å². The molecule has 1 atom stereocenters. The van der Waals surface area contributed by atoms with Crippen LogP contribution in [-0.4, -0.2) is 5.11 Å². The van der Waals surface area contributed by atoms with E-state index < -0.39 is 0 Å². The highest BCUT2D eigenvalue weighted by Gasteiger charge is 2.12. The molecule has 0 aromatic carbocycles. The van der Waals surface area contributed by atoms with Crippen molar-refractivity contribution in [3.8, 4) is 0 Å². The van der Waals surface area contributed by atoms with E-state index in [4.69, 9.17) is 11.6 Å². The van der Waals surface area contributed by atoms with Crippen LogP contribution < -0.4 is 0 Å². The minimum Gasteiger partial charge on any atom is -0.388 e. The van der Waals surface area contributed by atoms with Gasteiger partial charge in [0.15, 0.2) is 0 Å². The molecule has 1 aromatic heterocycles. The zero-order valence-electron chi connectivity index (χ0n) is 8.88. The molecule has 0 saturated heterocycles. The molecule has 0 aliphatic carbocycles. The van der Waals surface area contributed by atoms with Crippen LogP contribution in [0, 0.1) is 12.8 Å². The Morgan fingerprint density at radius 1 is 1.43 bits per heavy atom. The summed E-state index contributed by atoms with van der Waals surface area (Å²) in [6, 6.07) is 1.98. The summed E-state index contributed by atoms with van der Waals surface area (Å²) >= 11 is 7.43. The fourth-order valence-corrected chi connectivity index (χ4v) is 2.52. The summed E-state index contributed by atoms with van der Waals surface area (Å²) in [6.07, 6.45) is 1.54. The Bertz CT molecular complexity index is 274. The van der Waals surface area contributed by atoms with Crippen LogP contribution in [0.25, 0.3) is 0 Å². The van der Waals surface area contributed by atoms with E-state index in [0.717, 1.165) is 27.6 Å². The SMILES string of the molecule is Cc1cc(C(O)CCC(C)C)sc1Cl. The lowest BCUT2D eigenvalue weighted by atomic mass is 10.0. The molecule has 0 fully saturated rings. The molecule has 0 bridgehead atoms. The van der Waals surface area contributed by atoms with Gasteiger partial charge in [-0.1, -0.05) is 25.4 Å². The lowest BCUT2D eigenvalue weighted by Gasteiger charge is -2.09. The molecule has 0 spiro atoms. The van der Waals surface area contributed by atoms with Crippen molar-refractivity contribution in [2.75, 3.05) is 0 Å². The Morgan fingerprint density at radius 3 is 2.50 bits per heavy atom. The molecule has 1 unspecified atom stereocenters. The second kappa shape index (κ2) is 5.15. The van der Waals surface area contributed by atoms with Gasteiger partial charge in [-0.05, 0) is 37.3 Å². The van der Waals surface area contributed by atoms with Crippen molar-refractivity contribution in [2.45, 2.75) is 39.7 Å². The Morgan fingerprint density at radius 2 is 2.07 bits per heavy atom. The topological polar surface area (TPSA) is 20.2 Å². The molecule has 0 aliphatic rings. The maximum Gasteiger partial charge on any atom is 0.0961 e. The van der Waals surface area contributed by atoms with Crippen LogP contribution in [0.3, 0.4) is 0 Å². The number of hydrogen-bond donors (Lipinski definition) is 1. The fraction of sp³-hybridized carbons (Fsp3) is 0.636.